The molecule has 0 saturated carbocycles. The van der Waals surface area contributed by atoms with Gasteiger partial charge in [-0.25, -0.2) is 0 Å². The van der Waals surface area contributed by atoms with E-state index in [0.717, 1.165) is 0 Å². The number of unbranched alkanes of at least 4 members (excludes halogenated alkanes) is 2. The second kappa shape index (κ2) is 9.63. The summed E-state index contributed by atoms with van der Waals surface area (Å²) in [4.78, 5) is 2.54. The van der Waals surface area contributed by atoms with E-state index < -0.39 is 0 Å². The predicted octanol–water partition coefficient (Wildman–Crippen LogP) is 3.75. The van der Waals surface area contributed by atoms with Crippen molar-refractivity contribution in [3.8, 4) is 0 Å². The molecule has 0 spiro atoms. The first-order chi connectivity index (χ1) is 7.79. The molecule has 0 bridgehead atoms. The Morgan fingerprint density at radius 1 is 0.941 bits per heavy atom. The van der Waals surface area contributed by atoms with Crippen LogP contribution in [0.3, 0.4) is 0 Å². The van der Waals surface area contributed by atoms with Crippen LogP contribution >= 0.6 is 0 Å². The number of hydrogen-bond donors (Lipinski definition) is 0. The van der Waals surface area contributed by atoms with Gasteiger partial charge >= 0.3 is 18.9 Å². The average molecular weight is 227 g/mol. The van der Waals surface area contributed by atoms with Crippen LogP contribution in [0.5, 0.6) is 0 Å². The van der Waals surface area contributed by atoms with Gasteiger partial charge in [-0.2, -0.15) is 0 Å². The Kier molecular flexibility index (Phi) is 9.41. The van der Waals surface area contributed by atoms with Gasteiger partial charge < -0.3 is 4.90 Å². The van der Waals surface area contributed by atoms with Crippen molar-refractivity contribution < 1.29 is 0 Å². The van der Waals surface area contributed by atoms with Gasteiger partial charge in [0.2, 0.25) is 0 Å². The Hall–Kier alpha value is -0.383. The van der Waals surface area contributed by atoms with E-state index >= 15 is 0 Å². The fraction of sp³-hybridized carbons (Fsp3) is 0.600. The molecule has 0 saturated heterocycles. The molecule has 1 nitrogen and oxygen atoms in total. The van der Waals surface area contributed by atoms with Gasteiger partial charge in [0, 0.05) is 18.8 Å². The van der Waals surface area contributed by atoms with E-state index in [1.165, 1.54) is 50.0 Å². The van der Waals surface area contributed by atoms with Gasteiger partial charge in [-0.15, -0.1) is 0 Å². The summed E-state index contributed by atoms with van der Waals surface area (Å²) in [6.45, 7) is 9.12. The molecule has 1 rings (SSSR count). The second-order valence-electron chi connectivity index (χ2n) is 4.48. The first-order valence-electron chi connectivity index (χ1n) is 6.60. The van der Waals surface area contributed by atoms with Crippen LogP contribution in [-0.4, -0.2) is 32.0 Å². The molecule has 1 aromatic rings. The molecule has 0 N–H and O–H groups in total. The standard InChI is InChI=1S/C15H25N.Li.H/c1-4-6-12-16(13-7-5-2)15-11-9-8-10-14(15)3;;/h8-11H,4-7,12-13H2,1-3H3;;. The normalized spacial score (nSPS) is 9.82. The van der Waals surface area contributed by atoms with Crippen molar-refractivity contribution in [3.63, 3.8) is 0 Å². The molecule has 0 amide bonds. The zero-order chi connectivity index (χ0) is 11.8. The van der Waals surface area contributed by atoms with Crippen LogP contribution < -0.4 is 4.90 Å². The Balaban J connectivity index is 0.00000256. The molecule has 0 radical (unpaired) electrons. The van der Waals surface area contributed by atoms with Crippen LogP contribution in [0.25, 0.3) is 0 Å². The molecular weight excluding hydrogens is 201 g/mol. The Morgan fingerprint density at radius 2 is 1.47 bits per heavy atom. The molecule has 0 heterocycles. The van der Waals surface area contributed by atoms with E-state index in [9.17, 15) is 0 Å². The molecule has 0 aliphatic rings. The van der Waals surface area contributed by atoms with Crippen LogP contribution in [0.15, 0.2) is 24.3 Å². The van der Waals surface area contributed by atoms with Gasteiger partial charge in [0.15, 0.2) is 0 Å². The summed E-state index contributed by atoms with van der Waals surface area (Å²) in [5.41, 5.74) is 2.82. The molecule has 92 valence electrons. The van der Waals surface area contributed by atoms with Crippen LogP contribution in [-0.2, 0) is 0 Å². The predicted molar refractivity (Wildman–Crippen MR) is 80.4 cm³/mol. The van der Waals surface area contributed by atoms with E-state index in [4.69, 9.17) is 0 Å². The quantitative estimate of drug-likeness (QED) is 0.641. The number of para-hydroxylation sites is 1. The zero-order valence-electron chi connectivity index (χ0n) is 11.0. The maximum atomic E-state index is 2.54. The summed E-state index contributed by atoms with van der Waals surface area (Å²) < 4.78 is 0. The van der Waals surface area contributed by atoms with Crippen molar-refractivity contribution in [1.29, 1.82) is 0 Å². The van der Waals surface area contributed by atoms with Crippen molar-refractivity contribution in [2.75, 3.05) is 18.0 Å². The Bertz CT molecular complexity index is 291. The van der Waals surface area contributed by atoms with Gasteiger partial charge in [-0.05, 0) is 31.4 Å². The van der Waals surface area contributed by atoms with Gasteiger partial charge in [-0.3, -0.25) is 0 Å². The zero-order valence-corrected chi connectivity index (χ0v) is 11.0. The monoisotopic (exact) mass is 227 g/mol. The molecule has 0 unspecified atom stereocenters. The Morgan fingerprint density at radius 3 is 1.94 bits per heavy atom. The average Bonchev–Trinajstić information content (AvgIpc) is 2.31. The van der Waals surface area contributed by atoms with Crippen molar-refractivity contribution >= 4 is 24.5 Å². The molecule has 17 heavy (non-hydrogen) atoms. The van der Waals surface area contributed by atoms with E-state index in [1.807, 2.05) is 0 Å². The SMILES string of the molecule is CCCCN(CCCC)c1ccccc1C.[LiH]. The molecular formula is C15H26LiN. The van der Waals surface area contributed by atoms with Gasteiger partial charge in [0.25, 0.3) is 0 Å². The molecule has 0 atom stereocenters. The van der Waals surface area contributed by atoms with Gasteiger partial charge in [0.1, 0.15) is 0 Å². The van der Waals surface area contributed by atoms with E-state index in [-0.39, 0.29) is 18.9 Å². The third-order valence-electron chi connectivity index (χ3n) is 3.02. The summed E-state index contributed by atoms with van der Waals surface area (Å²) in [6.07, 6.45) is 5.12. The first kappa shape index (κ1) is 16.6. The topological polar surface area (TPSA) is 3.24 Å². The van der Waals surface area contributed by atoms with Crippen LogP contribution in [0, 0.1) is 6.92 Å². The summed E-state index contributed by atoms with van der Waals surface area (Å²) in [6, 6.07) is 8.73. The van der Waals surface area contributed by atoms with Gasteiger partial charge in [-0.1, -0.05) is 44.9 Å². The summed E-state index contributed by atoms with van der Waals surface area (Å²) in [7, 11) is 0. The van der Waals surface area contributed by atoms with Crippen molar-refractivity contribution in [1.82, 2.24) is 0 Å². The van der Waals surface area contributed by atoms with Crippen LogP contribution in [0.4, 0.5) is 5.69 Å². The molecule has 1 aromatic carbocycles. The molecule has 2 heteroatoms. The molecule has 0 aromatic heterocycles. The third kappa shape index (κ3) is 5.66. The van der Waals surface area contributed by atoms with Gasteiger partial charge in [0.05, 0.1) is 0 Å². The van der Waals surface area contributed by atoms with E-state index in [0.29, 0.717) is 0 Å². The minimum atomic E-state index is 0. The third-order valence-corrected chi connectivity index (χ3v) is 3.02. The summed E-state index contributed by atoms with van der Waals surface area (Å²) >= 11 is 0. The van der Waals surface area contributed by atoms with Crippen molar-refractivity contribution in [2.24, 2.45) is 0 Å². The van der Waals surface area contributed by atoms with E-state index in [2.05, 4.69) is 49.9 Å². The van der Waals surface area contributed by atoms with Crippen molar-refractivity contribution in [2.45, 2.75) is 46.5 Å². The fourth-order valence-electron chi connectivity index (χ4n) is 1.97. The number of rotatable bonds is 7. The fourth-order valence-corrected chi connectivity index (χ4v) is 1.97. The number of anilines is 1. The number of nitrogens with zero attached hydrogens (tertiary/aromatic N) is 1. The number of hydrogen-bond acceptors (Lipinski definition) is 1. The van der Waals surface area contributed by atoms with Crippen molar-refractivity contribution in [3.05, 3.63) is 29.8 Å². The second-order valence-corrected chi connectivity index (χ2v) is 4.48. The number of benzene rings is 1. The van der Waals surface area contributed by atoms with E-state index in [1.54, 1.807) is 0 Å². The molecule has 0 fully saturated rings. The molecule has 0 aliphatic heterocycles. The first-order valence-corrected chi connectivity index (χ1v) is 6.60. The number of aryl methyl sites for hydroxylation is 1. The maximum absolute atomic E-state index is 2.54. The minimum absolute atomic E-state index is 0. The summed E-state index contributed by atoms with van der Waals surface area (Å²) in [5.74, 6) is 0. The molecule has 0 aliphatic carbocycles. The van der Waals surface area contributed by atoms with Crippen LogP contribution in [0.2, 0.25) is 0 Å². The Labute approximate surface area is 119 Å². The van der Waals surface area contributed by atoms with Crippen LogP contribution in [0.1, 0.15) is 45.1 Å². The summed E-state index contributed by atoms with van der Waals surface area (Å²) in [5, 5.41) is 0.